The molecule has 2 aromatic rings. The summed E-state index contributed by atoms with van der Waals surface area (Å²) in [7, 11) is -2.46. The molecule has 3 amide bonds. The number of likely N-dealkylation sites (N-methyl/N-ethyl adjacent to an activating group) is 1. The molecule has 3 heterocycles. The van der Waals surface area contributed by atoms with E-state index in [1.54, 1.807) is 48.5 Å². The Morgan fingerprint density at radius 3 is 2.25 bits per heavy atom. The number of rotatable bonds is 6. The fourth-order valence-corrected chi connectivity index (χ4v) is 7.85. The van der Waals surface area contributed by atoms with Gasteiger partial charge in [0.25, 0.3) is 0 Å². The Kier molecular flexibility index (Phi) is 11.3. The third-order valence-corrected chi connectivity index (χ3v) is 10.7. The first kappa shape index (κ1) is 35.6. The number of ether oxygens (including phenoxy) is 2. The van der Waals surface area contributed by atoms with Crippen molar-refractivity contribution in [3.8, 4) is 11.5 Å². The molecule has 262 valence electrons. The first-order valence-corrected chi connectivity index (χ1v) is 17.5. The second kappa shape index (κ2) is 15.2. The third-order valence-electron chi connectivity index (χ3n) is 8.71. The highest BCUT2D eigenvalue weighted by molar-refractivity contribution is 7.89. The zero-order valence-corrected chi connectivity index (χ0v) is 27.4. The van der Waals surface area contributed by atoms with Crippen molar-refractivity contribution in [3.63, 3.8) is 0 Å². The number of benzene rings is 2. The van der Waals surface area contributed by atoms with E-state index in [-0.39, 0.29) is 31.6 Å². The molecule has 3 atom stereocenters. The average molecular weight is 696 g/mol. The van der Waals surface area contributed by atoms with Crippen LogP contribution in [0.3, 0.4) is 0 Å². The highest BCUT2D eigenvalue weighted by Crippen LogP contribution is 2.27. The molecule has 12 nitrogen and oxygen atoms in total. The Hall–Kier alpha value is -3.73. The fraction of sp³-hybridized carbons (Fsp3) is 0.531. The minimum Gasteiger partial charge on any atom is -0.457 e. The molecular formula is C32H40F3N5O7S. The van der Waals surface area contributed by atoms with Crippen LogP contribution in [-0.2, 0) is 42.0 Å². The van der Waals surface area contributed by atoms with Gasteiger partial charge in [-0.25, -0.2) is 8.42 Å². The van der Waals surface area contributed by atoms with Gasteiger partial charge in [-0.05, 0) is 54.7 Å². The van der Waals surface area contributed by atoms with Gasteiger partial charge in [0, 0.05) is 39.6 Å². The largest absolute Gasteiger partial charge is 0.457 e. The lowest BCUT2D eigenvalue weighted by atomic mass is 10.0. The Morgan fingerprint density at radius 2 is 1.65 bits per heavy atom. The number of halogens is 3. The average Bonchev–Trinajstić information content (AvgIpc) is 3.40. The molecule has 5 rings (SSSR count). The van der Waals surface area contributed by atoms with Crippen LogP contribution in [0.2, 0.25) is 0 Å². The zero-order valence-electron chi connectivity index (χ0n) is 26.6. The van der Waals surface area contributed by atoms with Crippen molar-refractivity contribution < 1.29 is 45.4 Å². The van der Waals surface area contributed by atoms with Gasteiger partial charge in [-0.3, -0.25) is 19.3 Å². The predicted octanol–water partition coefficient (Wildman–Crippen LogP) is 1.69. The van der Waals surface area contributed by atoms with Crippen LogP contribution in [0.4, 0.5) is 13.2 Å². The Morgan fingerprint density at radius 1 is 1.00 bits per heavy atom. The normalized spacial score (nSPS) is 24.5. The summed E-state index contributed by atoms with van der Waals surface area (Å²) in [4.78, 5) is 44.7. The maximum Gasteiger partial charge on any atom is 0.405 e. The predicted molar refractivity (Wildman–Crippen MR) is 169 cm³/mol. The monoisotopic (exact) mass is 695 g/mol. The maximum atomic E-state index is 14.2. The molecule has 2 saturated heterocycles. The van der Waals surface area contributed by atoms with E-state index in [0.29, 0.717) is 61.9 Å². The molecule has 0 saturated carbocycles. The SMILES string of the molecule is CN1C(=O)[C@H](CCN2CCOCC2)NC(=O)[C@@H](N2CCCS2(=O)=O)Cc2cccc(c2)Oc2cccc(c2)C[C@H]1C(=O)NCC(F)(F)F. The van der Waals surface area contributed by atoms with Crippen LogP contribution in [0.5, 0.6) is 11.5 Å². The van der Waals surface area contributed by atoms with Crippen LogP contribution in [0.1, 0.15) is 24.0 Å². The number of carbonyl (C=O) groups is 3. The smallest absolute Gasteiger partial charge is 0.405 e. The van der Waals surface area contributed by atoms with E-state index in [1.807, 2.05) is 5.32 Å². The lowest BCUT2D eigenvalue weighted by molar-refractivity contribution is -0.147. The van der Waals surface area contributed by atoms with E-state index >= 15 is 0 Å². The molecule has 0 spiro atoms. The van der Waals surface area contributed by atoms with Gasteiger partial charge in [0.2, 0.25) is 27.7 Å². The molecule has 4 bridgehead atoms. The highest BCUT2D eigenvalue weighted by atomic mass is 32.2. The van der Waals surface area contributed by atoms with E-state index in [0.717, 1.165) is 9.21 Å². The summed E-state index contributed by atoms with van der Waals surface area (Å²) in [6.07, 6.45) is -4.40. The number of hydrogen-bond acceptors (Lipinski definition) is 8. The summed E-state index contributed by atoms with van der Waals surface area (Å²) >= 11 is 0. The molecule has 0 aliphatic carbocycles. The summed E-state index contributed by atoms with van der Waals surface area (Å²) in [5, 5.41) is 4.67. The zero-order chi connectivity index (χ0) is 34.5. The Bertz CT molecular complexity index is 1590. The van der Waals surface area contributed by atoms with Crippen LogP contribution in [-0.4, -0.2) is 123 Å². The molecule has 0 aromatic heterocycles. The van der Waals surface area contributed by atoms with Gasteiger partial charge >= 0.3 is 6.18 Å². The second-order valence-electron chi connectivity index (χ2n) is 12.2. The van der Waals surface area contributed by atoms with Crippen molar-refractivity contribution in [2.45, 2.75) is 50.0 Å². The first-order chi connectivity index (χ1) is 22.8. The molecule has 2 aromatic carbocycles. The van der Waals surface area contributed by atoms with E-state index in [1.165, 1.54) is 7.05 Å². The molecule has 0 unspecified atom stereocenters. The molecule has 2 N–H and O–H groups in total. The van der Waals surface area contributed by atoms with Crippen LogP contribution in [0.25, 0.3) is 0 Å². The second-order valence-corrected chi connectivity index (χ2v) is 14.2. The quantitative estimate of drug-likeness (QED) is 0.466. The van der Waals surface area contributed by atoms with Crippen molar-refractivity contribution in [3.05, 3.63) is 59.7 Å². The number of alkyl halides is 3. The lowest BCUT2D eigenvalue weighted by Crippen LogP contribution is -2.58. The van der Waals surface area contributed by atoms with E-state index in [4.69, 9.17) is 9.47 Å². The fourth-order valence-electron chi connectivity index (χ4n) is 6.16. The van der Waals surface area contributed by atoms with E-state index in [2.05, 4.69) is 10.2 Å². The number of amides is 3. The Labute approximate surface area is 277 Å². The Balaban J connectivity index is 1.54. The van der Waals surface area contributed by atoms with Crippen molar-refractivity contribution in [2.75, 3.05) is 58.7 Å². The molecule has 2 fully saturated rings. The number of morpholine rings is 1. The number of nitrogens with one attached hydrogen (secondary N) is 2. The van der Waals surface area contributed by atoms with Gasteiger partial charge < -0.3 is 25.0 Å². The van der Waals surface area contributed by atoms with Gasteiger partial charge in [0.1, 0.15) is 36.2 Å². The van der Waals surface area contributed by atoms with Crippen LogP contribution in [0, 0.1) is 0 Å². The van der Waals surface area contributed by atoms with Gasteiger partial charge in [-0.15, -0.1) is 0 Å². The number of sulfonamides is 1. The molecule has 3 aliphatic rings. The third kappa shape index (κ3) is 9.24. The van der Waals surface area contributed by atoms with Gasteiger partial charge in [-0.1, -0.05) is 24.3 Å². The lowest BCUT2D eigenvalue weighted by Gasteiger charge is -2.34. The molecule has 3 aliphatic heterocycles. The van der Waals surface area contributed by atoms with Crippen molar-refractivity contribution in [1.82, 2.24) is 24.7 Å². The molecule has 0 radical (unpaired) electrons. The van der Waals surface area contributed by atoms with Crippen LogP contribution >= 0.6 is 0 Å². The minimum absolute atomic E-state index is 0.00894. The molecular weight excluding hydrogens is 655 g/mol. The standard InChI is InChI=1S/C32H40F3N5O7S/c1-38-27(29(41)36-21-32(33,34)35)19-22-5-2-7-24(17-22)47-25-8-3-6-23(18-25)20-28(40-10-4-16-48(40,44)45)30(42)37-26(31(38)43)9-11-39-12-14-46-15-13-39/h2-3,5-8,17-18,26-28H,4,9-16,19-21H2,1H3,(H,36,41)(H,37,42)/t26-,27-,28-/m0/s1. The summed E-state index contributed by atoms with van der Waals surface area (Å²) < 4.78 is 78.1. The van der Waals surface area contributed by atoms with Crippen molar-refractivity contribution in [2.24, 2.45) is 0 Å². The topological polar surface area (TPSA) is 138 Å². The first-order valence-electron chi connectivity index (χ1n) is 15.9. The number of fused-ring (bicyclic) bond motifs is 4. The summed E-state index contributed by atoms with van der Waals surface area (Å²) in [5.74, 6) is -1.75. The number of nitrogens with zero attached hydrogens (tertiary/aromatic N) is 3. The summed E-state index contributed by atoms with van der Waals surface area (Å²) in [6, 6.07) is 9.72. The highest BCUT2D eigenvalue weighted by Gasteiger charge is 2.41. The summed E-state index contributed by atoms with van der Waals surface area (Å²) in [5.41, 5.74) is 1.16. The van der Waals surface area contributed by atoms with Crippen molar-refractivity contribution >= 4 is 27.7 Å². The van der Waals surface area contributed by atoms with E-state index in [9.17, 15) is 36.0 Å². The summed E-state index contributed by atoms with van der Waals surface area (Å²) in [6.45, 7) is 1.07. The van der Waals surface area contributed by atoms with Crippen LogP contribution < -0.4 is 15.4 Å². The number of carbonyl (C=O) groups excluding carboxylic acids is 3. The maximum absolute atomic E-state index is 14.2. The van der Waals surface area contributed by atoms with Crippen molar-refractivity contribution in [1.29, 1.82) is 0 Å². The van der Waals surface area contributed by atoms with Gasteiger partial charge in [0.05, 0.1) is 19.0 Å². The molecule has 48 heavy (non-hydrogen) atoms. The van der Waals surface area contributed by atoms with Gasteiger partial charge in [0.15, 0.2) is 0 Å². The van der Waals surface area contributed by atoms with Gasteiger partial charge in [-0.2, -0.15) is 17.5 Å². The molecule has 16 heteroatoms. The minimum atomic E-state index is -4.68. The number of hydrogen-bond donors (Lipinski definition) is 2. The van der Waals surface area contributed by atoms with E-state index < -0.39 is 58.6 Å². The van der Waals surface area contributed by atoms with Crippen LogP contribution in [0.15, 0.2) is 48.5 Å².